The highest BCUT2D eigenvalue weighted by Gasteiger charge is 2.43. The van der Waals surface area contributed by atoms with Gasteiger partial charge in [-0.05, 0) is 19.3 Å². The van der Waals surface area contributed by atoms with Gasteiger partial charge in [0.1, 0.15) is 6.10 Å². The Kier molecular flexibility index (Phi) is 5.16. The number of carbonyl (C=O) groups excluding carboxylic acids is 2. The average molecular weight is 282 g/mol. The van der Waals surface area contributed by atoms with Crippen LogP contribution in [0.15, 0.2) is 0 Å². The van der Waals surface area contributed by atoms with Gasteiger partial charge in [0.15, 0.2) is 0 Å². The molecule has 0 heterocycles. The van der Waals surface area contributed by atoms with Crippen LogP contribution in [0.4, 0.5) is 13.2 Å². The van der Waals surface area contributed by atoms with E-state index in [0.29, 0.717) is 12.8 Å². The van der Waals surface area contributed by atoms with Gasteiger partial charge >= 0.3 is 6.18 Å². The van der Waals surface area contributed by atoms with Crippen LogP contribution in [0.1, 0.15) is 25.7 Å². The maximum Gasteiger partial charge on any atom is 0.391 e. The molecule has 0 radical (unpaired) electrons. The second-order valence-electron chi connectivity index (χ2n) is 4.77. The fourth-order valence-corrected chi connectivity index (χ4v) is 2.17. The summed E-state index contributed by atoms with van der Waals surface area (Å²) < 4.78 is 37.7. The number of alkyl halides is 3. The van der Waals surface area contributed by atoms with Crippen LogP contribution in [0.25, 0.3) is 0 Å². The molecule has 1 rings (SSSR count). The number of nitrogens with one attached hydrogen (secondary N) is 1. The van der Waals surface area contributed by atoms with Gasteiger partial charge in [-0.1, -0.05) is 6.42 Å². The van der Waals surface area contributed by atoms with E-state index in [1.54, 1.807) is 0 Å². The van der Waals surface area contributed by atoms with E-state index in [4.69, 9.17) is 10.8 Å². The first-order chi connectivity index (χ1) is 8.71. The van der Waals surface area contributed by atoms with Gasteiger partial charge in [-0.15, -0.1) is 0 Å². The summed E-state index contributed by atoms with van der Waals surface area (Å²) in [5.41, 5.74) is 4.79. The lowest BCUT2D eigenvalue weighted by Gasteiger charge is -2.29. The highest BCUT2D eigenvalue weighted by Crippen LogP contribution is 2.39. The number of amides is 2. The molecule has 5 nitrogen and oxygen atoms in total. The number of aliphatic hydroxyl groups excluding tert-OH is 1. The van der Waals surface area contributed by atoms with Crippen molar-refractivity contribution in [1.82, 2.24) is 5.32 Å². The zero-order valence-electron chi connectivity index (χ0n) is 10.2. The highest BCUT2D eigenvalue weighted by atomic mass is 19.4. The molecule has 8 heteroatoms. The van der Waals surface area contributed by atoms with E-state index in [-0.39, 0.29) is 19.4 Å². The molecule has 0 bridgehead atoms. The Labute approximate surface area is 108 Å². The van der Waals surface area contributed by atoms with Crippen molar-refractivity contribution in [3.05, 3.63) is 0 Å². The third-order valence-corrected chi connectivity index (χ3v) is 3.31. The minimum Gasteiger partial charge on any atom is -0.381 e. The summed E-state index contributed by atoms with van der Waals surface area (Å²) in [6.45, 7) is -0.374. The van der Waals surface area contributed by atoms with Gasteiger partial charge < -0.3 is 16.2 Å². The molecule has 0 aliphatic heterocycles. The number of primary amides is 1. The summed E-state index contributed by atoms with van der Waals surface area (Å²) in [4.78, 5) is 22.2. The van der Waals surface area contributed by atoms with Gasteiger partial charge in [0.25, 0.3) is 0 Å². The highest BCUT2D eigenvalue weighted by molar-refractivity contribution is 5.82. The molecule has 0 aromatic heterocycles. The molecule has 110 valence electrons. The van der Waals surface area contributed by atoms with Crippen molar-refractivity contribution in [2.45, 2.75) is 38.0 Å². The Morgan fingerprint density at radius 3 is 2.53 bits per heavy atom. The van der Waals surface area contributed by atoms with Gasteiger partial charge in [-0.25, -0.2) is 0 Å². The molecule has 3 unspecified atom stereocenters. The van der Waals surface area contributed by atoms with E-state index in [1.165, 1.54) is 0 Å². The van der Waals surface area contributed by atoms with E-state index < -0.39 is 35.9 Å². The molecule has 1 fully saturated rings. The second-order valence-corrected chi connectivity index (χ2v) is 4.77. The summed E-state index contributed by atoms with van der Waals surface area (Å²) in [6.07, 6.45) is -5.30. The van der Waals surface area contributed by atoms with Crippen molar-refractivity contribution in [2.24, 2.45) is 17.6 Å². The van der Waals surface area contributed by atoms with Gasteiger partial charge in [-0.2, -0.15) is 13.2 Å². The Balaban J connectivity index is 2.46. The molecular weight excluding hydrogens is 265 g/mol. The quantitative estimate of drug-likeness (QED) is 0.693. The molecule has 1 aliphatic carbocycles. The smallest absolute Gasteiger partial charge is 0.381 e. The predicted octanol–water partition coefficient (Wildman–Crippen LogP) is 0.317. The molecule has 0 aromatic rings. The van der Waals surface area contributed by atoms with Crippen LogP contribution in [-0.2, 0) is 9.59 Å². The van der Waals surface area contributed by atoms with E-state index in [1.807, 2.05) is 0 Å². The molecule has 19 heavy (non-hydrogen) atoms. The van der Waals surface area contributed by atoms with Crippen molar-refractivity contribution < 1.29 is 27.9 Å². The number of halogens is 3. The maximum atomic E-state index is 12.6. The first-order valence-corrected chi connectivity index (χ1v) is 6.03. The molecule has 0 spiro atoms. The SMILES string of the molecule is NC(=O)C(O)CNC(=O)C1CCCC(C(F)(F)F)C1. The van der Waals surface area contributed by atoms with Crippen LogP contribution in [0.2, 0.25) is 0 Å². The van der Waals surface area contributed by atoms with Crippen LogP contribution in [-0.4, -0.2) is 35.7 Å². The standard InChI is InChI=1S/C11H17F3N2O3/c12-11(13,14)7-3-1-2-6(4-7)10(19)16-5-8(17)9(15)18/h6-8,17H,1-5H2,(H2,15,18)(H,16,19). The number of hydrogen-bond acceptors (Lipinski definition) is 3. The lowest BCUT2D eigenvalue weighted by Crippen LogP contribution is -2.43. The van der Waals surface area contributed by atoms with Gasteiger partial charge in [-0.3, -0.25) is 9.59 Å². The topological polar surface area (TPSA) is 92.4 Å². The number of rotatable bonds is 4. The first-order valence-electron chi connectivity index (χ1n) is 6.03. The number of aliphatic hydroxyl groups is 1. The van der Waals surface area contributed by atoms with Crippen molar-refractivity contribution in [3.63, 3.8) is 0 Å². The van der Waals surface area contributed by atoms with Crippen molar-refractivity contribution >= 4 is 11.8 Å². The van der Waals surface area contributed by atoms with Gasteiger partial charge in [0.05, 0.1) is 12.5 Å². The molecule has 1 aliphatic rings. The molecule has 1 saturated carbocycles. The Bertz CT molecular complexity index is 347. The van der Waals surface area contributed by atoms with Crippen LogP contribution in [0, 0.1) is 11.8 Å². The van der Waals surface area contributed by atoms with Crippen molar-refractivity contribution in [1.29, 1.82) is 0 Å². The van der Waals surface area contributed by atoms with Crippen LogP contribution < -0.4 is 11.1 Å². The maximum absolute atomic E-state index is 12.6. The van der Waals surface area contributed by atoms with E-state index >= 15 is 0 Å². The largest absolute Gasteiger partial charge is 0.391 e. The Hall–Kier alpha value is -1.31. The zero-order chi connectivity index (χ0) is 14.6. The fourth-order valence-electron chi connectivity index (χ4n) is 2.17. The van der Waals surface area contributed by atoms with Crippen LogP contribution >= 0.6 is 0 Å². The summed E-state index contributed by atoms with van der Waals surface area (Å²) in [5, 5.41) is 11.3. The summed E-state index contributed by atoms with van der Waals surface area (Å²) >= 11 is 0. The Morgan fingerprint density at radius 1 is 1.37 bits per heavy atom. The Morgan fingerprint density at radius 2 is 2.00 bits per heavy atom. The average Bonchev–Trinajstić information content (AvgIpc) is 2.34. The van der Waals surface area contributed by atoms with E-state index in [2.05, 4.69) is 5.32 Å². The van der Waals surface area contributed by atoms with Crippen LogP contribution in [0.5, 0.6) is 0 Å². The third-order valence-electron chi connectivity index (χ3n) is 3.31. The molecule has 0 saturated heterocycles. The van der Waals surface area contributed by atoms with E-state index in [0.717, 1.165) is 0 Å². The van der Waals surface area contributed by atoms with E-state index in [9.17, 15) is 22.8 Å². The van der Waals surface area contributed by atoms with Crippen LogP contribution in [0.3, 0.4) is 0 Å². The van der Waals surface area contributed by atoms with Crippen molar-refractivity contribution in [3.8, 4) is 0 Å². The van der Waals surface area contributed by atoms with Gasteiger partial charge in [0.2, 0.25) is 11.8 Å². The first kappa shape index (κ1) is 15.7. The molecule has 2 amide bonds. The monoisotopic (exact) mass is 282 g/mol. The lowest BCUT2D eigenvalue weighted by molar-refractivity contribution is -0.186. The number of nitrogens with two attached hydrogens (primary N) is 1. The zero-order valence-corrected chi connectivity index (χ0v) is 10.2. The molecular formula is C11H17F3N2O3. The minimum absolute atomic E-state index is 0.0389. The second kappa shape index (κ2) is 6.23. The third kappa shape index (κ3) is 4.70. The summed E-state index contributed by atoms with van der Waals surface area (Å²) in [7, 11) is 0. The predicted molar refractivity (Wildman–Crippen MR) is 59.7 cm³/mol. The van der Waals surface area contributed by atoms with Gasteiger partial charge in [0, 0.05) is 5.92 Å². The fraction of sp³-hybridized carbons (Fsp3) is 0.818. The van der Waals surface area contributed by atoms with Crippen molar-refractivity contribution in [2.75, 3.05) is 6.54 Å². The minimum atomic E-state index is -4.29. The molecule has 0 aromatic carbocycles. The molecule has 4 N–H and O–H groups in total. The summed E-state index contributed by atoms with van der Waals surface area (Å²) in [5.74, 6) is -3.76. The number of hydrogen-bond donors (Lipinski definition) is 3. The lowest BCUT2D eigenvalue weighted by atomic mass is 9.80. The normalized spacial score (nSPS) is 25.7. The number of carbonyl (C=O) groups is 2. The molecule has 3 atom stereocenters. The summed E-state index contributed by atoms with van der Waals surface area (Å²) in [6, 6.07) is 0.